The van der Waals surface area contributed by atoms with Crippen molar-refractivity contribution >= 4 is 10.2 Å². The van der Waals surface area contributed by atoms with Crippen molar-refractivity contribution in [2.24, 2.45) is 5.92 Å². The van der Waals surface area contributed by atoms with Crippen molar-refractivity contribution in [3.8, 4) is 0 Å². The summed E-state index contributed by atoms with van der Waals surface area (Å²) in [5.74, 6) is 0.130. The molecular formula is C17H26N2O3S. The van der Waals surface area contributed by atoms with Crippen LogP contribution in [0.1, 0.15) is 43.8 Å². The number of piperidine rings is 2. The molecular weight excluding hydrogens is 312 g/mol. The van der Waals surface area contributed by atoms with Gasteiger partial charge in [0.05, 0.1) is 6.10 Å². The van der Waals surface area contributed by atoms with Gasteiger partial charge in [0, 0.05) is 26.2 Å². The van der Waals surface area contributed by atoms with Gasteiger partial charge in [-0.15, -0.1) is 0 Å². The van der Waals surface area contributed by atoms with Crippen LogP contribution in [0.3, 0.4) is 0 Å². The summed E-state index contributed by atoms with van der Waals surface area (Å²) < 4.78 is 28.6. The predicted molar refractivity (Wildman–Crippen MR) is 90.0 cm³/mol. The lowest BCUT2D eigenvalue weighted by atomic mass is 9.88. The van der Waals surface area contributed by atoms with Crippen LogP contribution in [0.15, 0.2) is 30.3 Å². The van der Waals surface area contributed by atoms with Crippen molar-refractivity contribution in [1.29, 1.82) is 0 Å². The van der Waals surface area contributed by atoms with Crippen molar-refractivity contribution in [3.63, 3.8) is 0 Å². The number of rotatable bonds is 4. The highest BCUT2D eigenvalue weighted by Crippen LogP contribution is 2.32. The molecule has 0 aromatic heterocycles. The Hall–Kier alpha value is -0.950. The van der Waals surface area contributed by atoms with Gasteiger partial charge < -0.3 is 5.11 Å². The van der Waals surface area contributed by atoms with E-state index in [0.717, 1.165) is 24.8 Å². The van der Waals surface area contributed by atoms with Crippen LogP contribution in [0.2, 0.25) is 0 Å². The molecule has 1 atom stereocenters. The third kappa shape index (κ3) is 3.76. The van der Waals surface area contributed by atoms with Gasteiger partial charge in [-0.3, -0.25) is 0 Å². The first-order valence-electron chi connectivity index (χ1n) is 8.57. The number of benzene rings is 1. The second-order valence-corrected chi connectivity index (χ2v) is 8.49. The van der Waals surface area contributed by atoms with Crippen LogP contribution in [0.25, 0.3) is 0 Å². The molecule has 1 aromatic carbocycles. The standard InChI is InChI=1S/C17H26N2O3S/c20-17(15-7-3-1-4-8-15)16-9-13-19(14-10-16)23(21,22)18-11-5-2-6-12-18/h1,3-4,7-8,16-17,20H,2,5-6,9-14H2. The van der Waals surface area contributed by atoms with Gasteiger partial charge >= 0.3 is 0 Å². The molecule has 0 bridgehead atoms. The zero-order chi connectivity index (χ0) is 16.3. The third-order valence-electron chi connectivity index (χ3n) is 5.05. The topological polar surface area (TPSA) is 60.9 Å². The number of aliphatic hydroxyl groups excluding tert-OH is 1. The van der Waals surface area contributed by atoms with E-state index in [2.05, 4.69) is 0 Å². The molecule has 23 heavy (non-hydrogen) atoms. The molecule has 2 saturated heterocycles. The largest absolute Gasteiger partial charge is 0.388 e. The van der Waals surface area contributed by atoms with Crippen LogP contribution in [0.4, 0.5) is 0 Å². The SMILES string of the molecule is O=S(=O)(N1CCCCC1)N1CCC(C(O)c2ccccc2)CC1. The van der Waals surface area contributed by atoms with Crippen LogP contribution in [0.5, 0.6) is 0 Å². The Kier molecular flexibility index (Phi) is 5.36. The van der Waals surface area contributed by atoms with Crippen LogP contribution in [-0.2, 0) is 10.2 Å². The Labute approximate surface area is 139 Å². The Morgan fingerprint density at radius 1 is 0.913 bits per heavy atom. The van der Waals surface area contributed by atoms with E-state index in [-0.39, 0.29) is 5.92 Å². The average Bonchev–Trinajstić information content (AvgIpc) is 2.63. The minimum atomic E-state index is -3.31. The van der Waals surface area contributed by atoms with E-state index >= 15 is 0 Å². The fourth-order valence-electron chi connectivity index (χ4n) is 3.60. The van der Waals surface area contributed by atoms with Crippen LogP contribution in [-0.4, -0.2) is 48.3 Å². The van der Waals surface area contributed by atoms with Crippen LogP contribution < -0.4 is 0 Å². The van der Waals surface area contributed by atoms with E-state index in [1.165, 1.54) is 0 Å². The van der Waals surface area contributed by atoms with E-state index in [1.807, 2.05) is 30.3 Å². The second kappa shape index (κ2) is 7.30. The highest BCUT2D eigenvalue weighted by Gasteiger charge is 2.35. The molecule has 2 heterocycles. The van der Waals surface area contributed by atoms with Crippen molar-refractivity contribution in [3.05, 3.63) is 35.9 Å². The van der Waals surface area contributed by atoms with Crippen LogP contribution >= 0.6 is 0 Å². The molecule has 5 nitrogen and oxygen atoms in total. The van der Waals surface area contributed by atoms with E-state index in [4.69, 9.17) is 0 Å². The predicted octanol–water partition coefficient (Wildman–Crippen LogP) is 2.16. The maximum atomic E-state index is 12.7. The lowest BCUT2D eigenvalue weighted by molar-refractivity contribution is 0.0746. The Morgan fingerprint density at radius 2 is 1.48 bits per heavy atom. The van der Waals surface area contributed by atoms with Gasteiger partial charge in [-0.2, -0.15) is 17.0 Å². The van der Waals surface area contributed by atoms with Crippen molar-refractivity contribution in [2.45, 2.75) is 38.2 Å². The number of hydrogen-bond acceptors (Lipinski definition) is 3. The number of hydrogen-bond donors (Lipinski definition) is 1. The summed E-state index contributed by atoms with van der Waals surface area (Å²) in [5, 5.41) is 10.5. The monoisotopic (exact) mass is 338 g/mol. The smallest absolute Gasteiger partial charge is 0.281 e. The molecule has 128 valence electrons. The maximum Gasteiger partial charge on any atom is 0.281 e. The number of nitrogens with zero attached hydrogens (tertiary/aromatic N) is 2. The molecule has 0 radical (unpaired) electrons. The molecule has 2 fully saturated rings. The summed E-state index contributed by atoms with van der Waals surface area (Å²) in [6.45, 7) is 2.31. The fraction of sp³-hybridized carbons (Fsp3) is 0.647. The first-order chi connectivity index (χ1) is 11.1. The van der Waals surface area contributed by atoms with E-state index in [9.17, 15) is 13.5 Å². The molecule has 6 heteroatoms. The quantitative estimate of drug-likeness (QED) is 0.915. The zero-order valence-corrected chi connectivity index (χ0v) is 14.3. The van der Waals surface area contributed by atoms with Crippen molar-refractivity contribution < 1.29 is 13.5 Å². The summed E-state index contributed by atoms with van der Waals surface area (Å²) >= 11 is 0. The minimum absolute atomic E-state index is 0.130. The summed E-state index contributed by atoms with van der Waals surface area (Å²) in [6, 6.07) is 9.65. The van der Waals surface area contributed by atoms with Gasteiger partial charge in [0.25, 0.3) is 10.2 Å². The molecule has 1 aromatic rings. The Balaban J connectivity index is 1.59. The fourth-order valence-corrected chi connectivity index (χ4v) is 5.32. The zero-order valence-electron chi connectivity index (χ0n) is 13.5. The molecule has 0 amide bonds. The molecule has 0 saturated carbocycles. The highest BCUT2D eigenvalue weighted by molar-refractivity contribution is 7.86. The highest BCUT2D eigenvalue weighted by atomic mass is 32.2. The van der Waals surface area contributed by atoms with Gasteiger partial charge in [0.2, 0.25) is 0 Å². The molecule has 2 aliphatic heterocycles. The van der Waals surface area contributed by atoms with Gasteiger partial charge in [-0.25, -0.2) is 0 Å². The molecule has 2 aliphatic rings. The van der Waals surface area contributed by atoms with Crippen molar-refractivity contribution in [1.82, 2.24) is 8.61 Å². The Morgan fingerprint density at radius 3 is 2.09 bits per heavy atom. The lowest BCUT2D eigenvalue weighted by Crippen LogP contribution is -2.49. The summed E-state index contributed by atoms with van der Waals surface area (Å²) in [5.41, 5.74) is 0.921. The molecule has 3 rings (SSSR count). The van der Waals surface area contributed by atoms with E-state index < -0.39 is 16.3 Å². The molecule has 0 aliphatic carbocycles. The summed E-state index contributed by atoms with van der Waals surface area (Å²) in [7, 11) is -3.31. The average molecular weight is 338 g/mol. The summed E-state index contributed by atoms with van der Waals surface area (Å²) in [4.78, 5) is 0. The number of aliphatic hydroxyl groups is 1. The van der Waals surface area contributed by atoms with Gasteiger partial charge in [-0.1, -0.05) is 36.8 Å². The van der Waals surface area contributed by atoms with Crippen LogP contribution in [0, 0.1) is 5.92 Å². The van der Waals surface area contributed by atoms with E-state index in [0.29, 0.717) is 39.0 Å². The first-order valence-corrected chi connectivity index (χ1v) is 9.97. The minimum Gasteiger partial charge on any atom is -0.388 e. The van der Waals surface area contributed by atoms with Gasteiger partial charge in [-0.05, 0) is 37.2 Å². The normalized spacial score (nSPS) is 23.7. The maximum absolute atomic E-state index is 12.7. The molecule has 0 spiro atoms. The summed E-state index contributed by atoms with van der Waals surface area (Å²) in [6.07, 6.45) is 3.96. The molecule has 1 unspecified atom stereocenters. The van der Waals surface area contributed by atoms with Gasteiger partial charge in [0.15, 0.2) is 0 Å². The lowest BCUT2D eigenvalue weighted by Gasteiger charge is -2.37. The second-order valence-electron chi connectivity index (χ2n) is 6.56. The van der Waals surface area contributed by atoms with E-state index in [1.54, 1.807) is 8.61 Å². The first kappa shape index (κ1) is 16.9. The Bertz CT molecular complexity index is 592. The third-order valence-corrected chi connectivity index (χ3v) is 7.09. The van der Waals surface area contributed by atoms with Gasteiger partial charge in [0.1, 0.15) is 0 Å². The molecule has 1 N–H and O–H groups in total. The van der Waals surface area contributed by atoms with Crippen molar-refractivity contribution in [2.75, 3.05) is 26.2 Å².